The summed E-state index contributed by atoms with van der Waals surface area (Å²) in [5.74, 6) is -4.50. The highest BCUT2D eigenvalue weighted by Crippen LogP contribution is 2.50. The number of carbonyl (C=O) groups excluding carboxylic acids is 2. The number of cyclic esters (lactones) is 1. The van der Waals surface area contributed by atoms with Gasteiger partial charge in [0.25, 0.3) is 0 Å². The van der Waals surface area contributed by atoms with Crippen molar-refractivity contribution in [3.8, 4) is 0 Å². The molecule has 1 aliphatic heterocycles. The normalized spacial score (nSPS) is 31.1. The Morgan fingerprint density at radius 3 is 1.94 bits per heavy atom. The molecular weight excluding hydrogens is 978 g/mol. The number of fused-ring (bicyclic) bond motifs is 4. The Labute approximate surface area is 426 Å². The highest BCUT2D eigenvalue weighted by Gasteiger charge is 2.51. The Bertz CT molecular complexity index is 1780. The molecule has 21 heteroatoms. The smallest absolute Gasteiger partial charge is 0.462 e. The third-order valence-corrected chi connectivity index (χ3v) is 13.9. The summed E-state index contributed by atoms with van der Waals surface area (Å²) in [6.45, 7) is 2.51. The van der Waals surface area contributed by atoms with Crippen molar-refractivity contribution >= 4 is 27.6 Å². The Hall–Kier alpha value is -2.68. The van der Waals surface area contributed by atoms with E-state index in [1.165, 1.54) is 25.3 Å². The molecule has 2 aliphatic rings. The summed E-state index contributed by atoms with van der Waals surface area (Å²) in [5, 5.41) is 80.0. The van der Waals surface area contributed by atoms with Crippen molar-refractivity contribution in [3.63, 3.8) is 0 Å². The Balaban J connectivity index is 2.30. The van der Waals surface area contributed by atoms with Crippen molar-refractivity contribution in [3.05, 3.63) is 72.9 Å². The molecule has 1 unspecified atom stereocenters. The molecule has 10 N–H and O–H groups in total. The molecule has 2 rings (SSSR count). The third kappa shape index (κ3) is 28.3. The highest BCUT2D eigenvalue weighted by molar-refractivity contribution is 7.47. The van der Waals surface area contributed by atoms with E-state index in [2.05, 4.69) is 43.4 Å². The first-order valence-corrected chi connectivity index (χ1v) is 28.8. The lowest BCUT2D eigenvalue weighted by molar-refractivity contribution is -0.165. The van der Waals surface area contributed by atoms with Crippen LogP contribution >= 0.6 is 15.6 Å². The Morgan fingerprint density at radius 2 is 1.33 bits per heavy atom. The van der Waals surface area contributed by atoms with E-state index >= 15 is 0 Å². The van der Waals surface area contributed by atoms with Crippen molar-refractivity contribution < 1.29 is 92.2 Å². The van der Waals surface area contributed by atoms with E-state index in [1.54, 1.807) is 6.08 Å². The molecule has 1 saturated carbocycles. The summed E-state index contributed by atoms with van der Waals surface area (Å²) in [6.07, 6.45) is 13.3. The van der Waals surface area contributed by atoms with Crippen LogP contribution in [0.5, 0.6) is 0 Å². The average Bonchev–Trinajstić information content (AvgIpc) is 3.32. The molecule has 2 fully saturated rings. The predicted molar refractivity (Wildman–Crippen MR) is 271 cm³/mol. The number of hydrogen-bond donors (Lipinski definition) is 10. The number of aliphatic hydroxyl groups excluding tert-OH is 7. The lowest BCUT2D eigenvalue weighted by Crippen LogP contribution is -2.56. The van der Waals surface area contributed by atoms with Crippen molar-refractivity contribution in [1.82, 2.24) is 0 Å². The minimum absolute atomic E-state index is 0.0355. The van der Waals surface area contributed by atoms with Crippen LogP contribution in [0.2, 0.25) is 0 Å². The standard InChI is InChI=1S/C51H86O19P2/c1-3-5-7-8-9-10-11-12-13-14-15-16-17-18-19-20-21-22-28-32-45(56)68-39-36-66-44(55)31-27-24-23-26-30-40-42(53)35-43(54)41(34-33-38(52)29-25-6-4-2)47(58)50(69-71(61,62)63)51(49(60)48(59)46(40)57)70-72(64,65)67-37-39/h9-10,12-13,15-16,18-19,21-22,33-34,38-43,46-54,57-60H,3-8,11,14,17,20,23-32,35-37H2,1-2H3,(H,64,65)(H2,61,62,63)/b10-9-,13-12-,16-15-,19-18-,22-21-,34-33+/t38-,39+,40-,41-,42-,43+,46+,47+,48-,49+,50+,51-/m0/s1. The van der Waals surface area contributed by atoms with Crippen LogP contribution in [-0.4, -0.2) is 137 Å². The molecule has 414 valence electrons. The van der Waals surface area contributed by atoms with E-state index in [0.29, 0.717) is 32.1 Å². The minimum Gasteiger partial charge on any atom is -0.462 e. The molecule has 0 aromatic heterocycles. The van der Waals surface area contributed by atoms with Gasteiger partial charge in [0.2, 0.25) is 0 Å². The summed E-state index contributed by atoms with van der Waals surface area (Å²) >= 11 is 0. The van der Waals surface area contributed by atoms with E-state index in [-0.39, 0.29) is 38.5 Å². The molecule has 0 radical (unpaired) electrons. The number of ether oxygens (including phenoxy) is 2. The molecule has 1 aliphatic carbocycles. The maximum atomic E-state index is 13.8. The zero-order chi connectivity index (χ0) is 53.4. The van der Waals surface area contributed by atoms with Gasteiger partial charge in [0.1, 0.15) is 31.0 Å². The second kappa shape index (κ2) is 37.1. The van der Waals surface area contributed by atoms with Gasteiger partial charge in [0, 0.05) is 31.1 Å². The number of rotatable bonds is 24. The fourth-order valence-corrected chi connectivity index (χ4v) is 9.80. The van der Waals surface area contributed by atoms with Gasteiger partial charge in [-0.3, -0.25) is 23.2 Å². The molecule has 1 heterocycles. The fourth-order valence-electron chi connectivity index (χ4n) is 8.27. The third-order valence-electron chi connectivity index (χ3n) is 12.4. The molecule has 1 saturated heterocycles. The van der Waals surface area contributed by atoms with Crippen LogP contribution in [0.4, 0.5) is 0 Å². The van der Waals surface area contributed by atoms with Gasteiger partial charge in [0.05, 0.1) is 37.1 Å². The summed E-state index contributed by atoms with van der Waals surface area (Å²) in [7, 11) is -11.5. The van der Waals surface area contributed by atoms with Gasteiger partial charge < -0.3 is 59.9 Å². The SMILES string of the molecule is CCCCC/C=C\C/C=C\C/C=C\C/C=C\C/C=C\CCC(=O)O[C@@H]1COC(=O)CCCCCC[C@@H]2[C@@H](O)[C@H](O)[C@@H](O)[C@H](OP(=O)(O)OC1)[C@H](OP(=O)(O)O)[C@H](O)[C@@H](/C=C/[C@@H](O)CCCCC)[C@H](O)C[C@@H]2O. The summed E-state index contributed by atoms with van der Waals surface area (Å²) in [4.78, 5) is 56.9. The van der Waals surface area contributed by atoms with Crippen LogP contribution in [0.3, 0.4) is 0 Å². The van der Waals surface area contributed by atoms with Crippen molar-refractivity contribution in [1.29, 1.82) is 0 Å². The van der Waals surface area contributed by atoms with Crippen molar-refractivity contribution in [2.75, 3.05) is 13.2 Å². The molecule has 72 heavy (non-hydrogen) atoms. The zero-order valence-corrected chi connectivity index (χ0v) is 43.9. The zero-order valence-electron chi connectivity index (χ0n) is 42.2. The second-order valence-electron chi connectivity index (χ2n) is 18.5. The largest absolute Gasteiger partial charge is 0.472 e. The predicted octanol–water partition coefficient (Wildman–Crippen LogP) is 6.78. The van der Waals surface area contributed by atoms with Crippen molar-refractivity contribution in [2.45, 2.75) is 210 Å². The first-order chi connectivity index (χ1) is 34.3. The van der Waals surface area contributed by atoms with Crippen LogP contribution in [0, 0.1) is 11.8 Å². The molecular formula is C51H86O19P2. The molecule has 0 amide bonds. The minimum atomic E-state index is -5.77. The van der Waals surface area contributed by atoms with E-state index in [4.69, 9.17) is 23.0 Å². The van der Waals surface area contributed by atoms with Gasteiger partial charge in [-0.15, -0.1) is 0 Å². The number of carbonyl (C=O) groups is 2. The summed E-state index contributed by atoms with van der Waals surface area (Å²) in [6, 6.07) is 0. The van der Waals surface area contributed by atoms with E-state index in [0.717, 1.165) is 44.6 Å². The van der Waals surface area contributed by atoms with Gasteiger partial charge in [-0.1, -0.05) is 138 Å². The van der Waals surface area contributed by atoms with Gasteiger partial charge in [-0.2, -0.15) is 0 Å². The summed E-state index contributed by atoms with van der Waals surface area (Å²) in [5.41, 5.74) is 0. The number of esters is 2. The van der Waals surface area contributed by atoms with Gasteiger partial charge >= 0.3 is 27.6 Å². The molecule has 0 spiro atoms. The average molecular weight is 1070 g/mol. The molecule has 19 nitrogen and oxygen atoms in total. The van der Waals surface area contributed by atoms with Gasteiger partial charge in [-0.25, -0.2) is 9.13 Å². The number of hydrogen-bond acceptors (Lipinski definition) is 16. The monoisotopic (exact) mass is 1060 g/mol. The first-order valence-electron chi connectivity index (χ1n) is 25.7. The molecule has 13 atom stereocenters. The van der Waals surface area contributed by atoms with E-state index < -0.39 is 120 Å². The van der Waals surface area contributed by atoms with Crippen LogP contribution < -0.4 is 0 Å². The number of unbranched alkanes of at least 4 members (excludes halogenated alkanes) is 5. The number of aliphatic hydroxyl groups is 7. The Kier molecular flexibility index (Phi) is 33.7. The van der Waals surface area contributed by atoms with Crippen LogP contribution in [0.25, 0.3) is 0 Å². The molecule has 0 aromatic carbocycles. The number of allylic oxidation sites excluding steroid dienone is 10. The molecule has 0 aromatic rings. The van der Waals surface area contributed by atoms with E-state index in [9.17, 15) is 69.1 Å². The topological polar surface area (TPSA) is 317 Å². The number of phosphoric acid groups is 2. The highest BCUT2D eigenvalue weighted by atomic mass is 31.2. The lowest BCUT2D eigenvalue weighted by Gasteiger charge is -2.39. The number of phosphoric ester groups is 2. The second-order valence-corrected chi connectivity index (χ2v) is 21.1. The summed E-state index contributed by atoms with van der Waals surface area (Å²) < 4.78 is 52.3. The van der Waals surface area contributed by atoms with Gasteiger partial charge in [0.15, 0.2) is 6.10 Å². The first kappa shape index (κ1) is 65.4. The fraction of sp³-hybridized carbons (Fsp3) is 0.725. The van der Waals surface area contributed by atoms with E-state index in [1.807, 2.05) is 25.2 Å². The van der Waals surface area contributed by atoms with Crippen LogP contribution in [-0.2, 0) is 41.8 Å². The van der Waals surface area contributed by atoms with Crippen LogP contribution in [0.1, 0.15) is 149 Å². The van der Waals surface area contributed by atoms with Crippen LogP contribution in [0.15, 0.2) is 72.9 Å². The lowest BCUT2D eigenvalue weighted by atomic mass is 9.82. The molecule has 2 bridgehead atoms. The van der Waals surface area contributed by atoms with Gasteiger partial charge in [-0.05, 0) is 64.2 Å². The van der Waals surface area contributed by atoms with Crippen molar-refractivity contribution in [2.24, 2.45) is 11.8 Å². The Morgan fingerprint density at radius 1 is 0.750 bits per heavy atom. The maximum absolute atomic E-state index is 13.8. The quantitative estimate of drug-likeness (QED) is 0.0206. The maximum Gasteiger partial charge on any atom is 0.472 e.